The average Bonchev–Trinajstić information content (AvgIpc) is 1.97. The molecule has 0 heterocycles. The first-order valence-electron chi connectivity index (χ1n) is 3.22. The molecule has 0 spiro atoms. The second kappa shape index (κ2) is 3.95. The Kier molecular flexibility index (Phi) is 3.44. The first-order valence-corrected chi connectivity index (χ1v) is 5.33. The first-order chi connectivity index (χ1) is 6.25. The van der Waals surface area contributed by atoms with Gasteiger partial charge in [-0.15, -0.1) is 0 Å². The number of halogens is 5. The molecule has 0 saturated carbocycles. The van der Waals surface area contributed by atoms with Gasteiger partial charge in [0.2, 0.25) is 0 Å². The predicted molar refractivity (Wildman–Crippen MR) is 51.2 cm³/mol. The fourth-order valence-electron chi connectivity index (χ4n) is 0.866. The third-order valence-electron chi connectivity index (χ3n) is 1.46. The maximum absolute atomic E-state index is 12.4. The van der Waals surface area contributed by atoms with Crippen LogP contribution >= 0.6 is 27.5 Å². The zero-order chi connectivity index (χ0) is 11.1. The van der Waals surface area contributed by atoms with E-state index in [1.54, 1.807) is 16.9 Å². The monoisotopic (exact) mass is 348 g/mol. The maximum atomic E-state index is 12.4. The van der Waals surface area contributed by atoms with Gasteiger partial charge in [0.25, 0.3) is 0 Å². The molecular formula is C7H2AsBrClF3O. The van der Waals surface area contributed by atoms with Crippen LogP contribution in [0.2, 0.25) is 5.02 Å². The van der Waals surface area contributed by atoms with E-state index in [1.165, 1.54) is 0 Å². The topological polar surface area (TPSA) is 20.2 Å². The van der Waals surface area contributed by atoms with Gasteiger partial charge in [-0.3, -0.25) is 0 Å². The summed E-state index contributed by atoms with van der Waals surface area (Å²) in [4.78, 5) is 0. The summed E-state index contributed by atoms with van der Waals surface area (Å²) < 4.78 is 37.0. The third kappa shape index (κ3) is 2.20. The number of phenolic OH excluding ortho intramolecular Hbond substituents is 1. The second-order valence-electron chi connectivity index (χ2n) is 2.41. The molecule has 7 heteroatoms. The van der Waals surface area contributed by atoms with Crippen LogP contribution in [-0.2, 0) is 6.18 Å². The fraction of sp³-hybridized carbons (Fsp3) is 0.143. The van der Waals surface area contributed by atoms with Gasteiger partial charge in [0.05, 0.1) is 0 Å². The predicted octanol–water partition coefficient (Wildman–Crippen LogP) is 2.62. The van der Waals surface area contributed by atoms with E-state index in [0.717, 1.165) is 6.07 Å². The Hall–Kier alpha value is 0.138. The van der Waals surface area contributed by atoms with Crippen molar-refractivity contribution in [1.82, 2.24) is 0 Å². The summed E-state index contributed by atoms with van der Waals surface area (Å²) in [5, 5.41) is 8.81. The molecule has 0 aliphatic heterocycles. The number of alkyl halides is 3. The van der Waals surface area contributed by atoms with E-state index in [-0.39, 0.29) is 8.82 Å². The molecule has 14 heavy (non-hydrogen) atoms. The van der Waals surface area contributed by atoms with Gasteiger partial charge in [-0.25, -0.2) is 0 Å². The molecule has 0 aromatic heterocycles. The van der Waals surface area contributed by atoms with Crippen molar-refractivity contribution in [3.63, 3.8) is 0 Å². The molecule has 1 nitrogen and oxygen atoms in total. The fourth-order valence-corrected chi connectivity index (χ4v) is 2.98. The first kappa shape index (κ1) is 12.2. The van der Waals surface area contributed by atoms with E-state index in [0.29, 0.717) is 0 Å². The van der Waals surface area contributed by atoms with Crippen LogP contribution in [0.1, 0.15) is 5.56 Å². The molecule has 1 N–H and O–H groups in total. The summed E-state index contributed by atoms with van der Waals surface area (Å²) in [6.07, 6.45) is -4.57. The molecule has 1 rings (SSSR count). The number of hydrogen-bond donors (Lipinski definition) is 1. The number of phenols is 1. The summed E-state index contributed by atoms with van der Waals surface area (Å²) >= 11 is 9.96. The van der Waals surface area contributed by atoms with Crippen molar-refractivity contribution in [3.05, 3.63) is 21.1 Å². The molecule has 0 saturated heterocycles. The quantitative estimate of drug-likeness (QED) is 0.714. The van der Waals surface area contributed by atoms with Gasteiger partial charge in [-0.05, 0) is 0 Å². The molecule has 0 aliphatic carbocycles. The van der Waals surface area contributed by atoms with Gasteiger partial charge >= 0.3 is 100 Å². The Labute approximate surface area is 99.9 Å². The van der Waals surface area contributed by atoms with E-state index in [2.05, 4.69) is 15.9 Å². The summed E-state index contributed by atoms with van der Waals surface area (Å²) in [6.45, 7) is 0. The molecule has 0 aliphatic rings. The van der Waals surface area contributed by atoms with Crippen molar-refractivity contribution < 1.29 is 18.3 Å². The summed E-state index contributed by atoms with van der Waals surface area (Å²) in [6, 6.07) is 1.01. The van der Waals surface area contributed by atoms with Crippen molar-refractivity contribution in [2.75, 3.05) is 0 Å². The van der Waals surface area contributed by atoms with Crippen molar-refractivity contribution in [3.8, 4) is 5.75 Å². The molecule has 0 unspecified atom stereocenters. The Morgan fingerprint density at radius 1 is 1.43 bits per heavy atom. The van der Waals surface area contributed by atoms with Crippen molar-refractivity contribution in [2.45, 2.75) is 6.18 Å². The molecule has 2 radical (unpaired) electrons. The zero-order valence-electron chi connectivity index (χ0n) is 6.36. The zero-order valence-corrected chi connectivity index (χ0v) is 10.6. The van der Waals surface area contributed by atoms with Crippen LogP contribution in [-0.4, -0.2) is 22.0 Å². The van der Waals surface area contributed by atoms with Crippen molar-refractivity contribution in [1.29, 1.82) is 0 Å². The number of benzene rings is 1. The molecule has 0 amide bonds. The van der Waals surface area contributed by atoms with Gasteiger partial charge in [0.15, 0.2) is 0 Å². The van der Waals surface area contributed by atoms with Gasteiger partial charge in [0, 0.05) is 0 Å². The van der Waals surface area contributed by atoms with E-state index < -0.39 is 22.5 Å². The van der Waals surface area contributed by atoms with Gasteiger partial charge in [-0.2, -0.15) is 0 Å². The summed E-state index contributed by atoms with van der Waals surface area (Å²) in [5.74, 6) is -0.471. The Balaban J connectivity index is 3.53. The minimum atomic E-state index is -4.57. The van der Waals surface area contributed by atoms with Crippen LogP contribution in [0.4, 0.5) is 13.2 Å². The standard InChI is InChI=1S/C7H2AsBrClF3O/c8-5-4(7(11,12)13)3(10)1-2(9)6(5)14/h1,14H. The summed E-state index contributed by atoms with van der Waals surface area (Å²) in [7, 11) is 0. The molecule has 0 fully saturated rings. The second-order valence-corrected chi connectivity index (χ2v) is 4.61. The van der Waals surface area contributed by atoms with Crippen LogP contribution in [0.25, 0.3) is 0 Å². The number of aromatic hydroxyl groups is 1. The number of rotatable bonds is 0. The minimum absolute atomic E-state index is 0.131. The Morgan fingerprint density at radius 3 is 2.36 bits per heavy atom. The normalized spacial score (nSPS) is 11.9. The van der Waals surface area contributed by atoms with E-state index in [9.17, 15) is 18.3 Å². The molecule has 0 bridgehead atoms. The van der Waals surface area contributed by atoms with Gasteiger partial charge < -0.3 is 0 Å². The van der Waals surface area contributed by atoms with E-state index in [4.69, 9.17) is 11.6 Å². The third-order valence-corrected chi connectivity index (χ3v) is 3.28. The van der Waals surface area contributed by atoms with E-state index >= 15 is 0 Å². The van der Waals surface area contributed by atoms with Gasteiger partial charge in [0.1, 0.15) is 0 Å². The Morgan fingerprint density at radius 2 is 1.93 bits per heavy atom. The van der Waals surface area contributed by atoms with Crippen LogP contribution in [0, 0.1) is 0 Å². The van der Waals surface area contributed by atoms with E-state index in [1.807, 2.05) is 0 Å². The van der Waals surface area contributed by atoms with Crippen LogP contribution in [0.3, 0.4) is 0 Å². The molecule has 76 valence electrons. The Bertz CT molecular complexity index is 380. The van der Waals surface area contributed by atoms with Crippen molar-refractivity contribution in [2.24, 2.45) is 0 Å². The molecule has 0 atom stereocenters. The molecular weight excluding hydrogens is 347 g/mol. The molecule has 1 aromatic rings. The van der Waals surface area contributed by atoms with Crippen LogP contribution in [0.15, 0.2) is 10.5 Å². The molecule has 1 aromatic carbocycles. The summed E-state index contributed by atoms with van der Waals surface area (Å²) in [5.41, 5.74) is -1.03. The van der Waals surface area contributed by atoms with Gasteiger partial charge in [-0.1, -0.05) is 0 Å². The number of hydrogen-bond acceptors (Lipinski definition) is 1. The van der Waals surface area contributed by atoms with Crippen LogP contribution in [0.5, 0.6) is 5.75 Å². The van der Waals surface area contributed by atoms with Crippen LogP contribution < -0.4 is 4.35 Å². The SMILES string of the molecule is Oc1c(Br)cc(Cl)c(C(F)(F)F)c1[As]. The average molecular weight is 349 g/mol. The van der Waals surface area contributed by atoms with Crippen molar-refractivity contribution >= 4 is 48.7 Å².